The number of carbonyl (C=O) groups excluding carboxylic acids is 1. The van der Waals surface area contributed by atoms with Gasteiger partial charge in [0.25, 0.3) is 5.91 Å². The number of β-amino-alcohol motifs (C(OH)–C–C–N with tert-alkyl or cyclic N) is 1. The van der Waals surface area contributed by atoms with E-state index in [0.717, 1.165) is 23.3 Å². The molecule has 0 aliphatic carbocycles. The molecule has 1 aliphatic heterocycles. The van der Waals surface area contributed by atoms with Crippen LogP contribution in [0.25, 0.3) is 5.65 Å². The zero-order chi connectivity index (χ0) is 18.1. The van der Waals surface area contributed by atoms with Gasteiger partial charge in [-0.25, -0.2) is 4.98 Å². The summed E-state index contributed by atoms with van der Waals surface area (Å²) in [6.45, 7) is 3.14. The number of aliphatic hydroxyl groups excluding tert-OH is 1. The van der Waals surface area contributed by atoms with Gasteiger partial charge in [-0.3, -0.25) is 4.79 Å². The molecule has 3 heterocycles. The van der Waals surface area contributed by atoms with Crippen LogP contribution in [0.4, 0.5) is 0 Å². The molecule has 2 aromatic heterocycles. The number of piperidine rings is 1. The van der Waals surface area contributed by atoms with Crippen LogP contribution in [0.5, 0.6) is 0 Å². The number of nitrogens with zero attached hydrogens (tertiary/aromatic N) is 2. The van der Waals surface area contributed by atoms with Crippen LogP contribution in [-0.2, 0) is 5.54 Å². The van der Waals surface area contributed by atoms with E-state index in [0.29, 0.717) is 18.7 Å². The highest BCUT2D eigenvalue weighted by molar-refractivity contribution is 5.93. The Morgan fingerprint density at radius 1 is 1.35 bits per heavy atom. The fourth-order valence-electron chi connectivity index (χ4n) is 3.62. The molecule has 26 heavy (non-hydrogen) atoms. The normalized spacial score (nSPS) is 23.1. The van der Waals surface area contributed by atoms with Gasteiger partial charge in [0.15, 0.2) is 0 Å². The first-order valence-electron chi connectivity index (χ1n) is 8.81. The molecule has 3 aromatic rings. The molecule has 2 atom stereocenters. The van der Waals surface area contributed by atoms with Gasteiger partial charge in [0.1, 0.15) is 11.3 Å². The lowest BCUT2D eigenvalue weighted by Crippen LogP contribution is -2.61. The fourth-order valence-corrected chi connectivity index (χ4v) is 3.62. The van der Waals surface area contributed by atoms with Gasteiger partial charge in [0, 0.05) is 18.9 Å². The molecule has 134 valence electrons. The SMILES string of the molecule is Cc1ccn2cc(C(=O)N[C@]3(c4ccccc4)CCNC[C@H]3O)nc2c1. The first-order valence-corrected chi connectivity index (χ1v) is 8.81. The molecule has 0 radical (unpaired) electrons. The summed E-state index contributed by atoms with van der Waals surface area (Å²) in [4.78, 5) is 17.4. The molecule has 1 amide bonds. The summed E-state index contributed by atoms with van der Waals surface area (Å²) in [5.41, 5.74) is 2.24. The number of fused-ring (bicyclic) bond motifs is 1. The summed E-state index contributed by atoms with van der Waals surface area (Å²) in [6, 6.07) is 13.6. The first kappa shape index (κ1) is 16.8. The number of rotatable bonds is 3. The summed E-state index contributed by atoms with van der Waals surface area (Å²) in [6.07, 6.45) is 3.50. The second-order valence-electron chi connectivity index (χ2n) is 6.86. The fraction of sp³-hybridized carbons (Fsp3) is 0.300. The number of aliphatic hydroxyl groups is 1. The van der Waals surface area contributed by atoms with Crippen molar-refractivity contribution in [1.29, 1.82) is 0 Å². The van der Waals surface area contributed by atoms with Gasteiger partial charge < -0.3 is 20.1 Å². The van der Waals surface area contributed by atoms with E-state index in [1.165, 1.54) is 0 Å². The summed E-state index contributed by atoms with van der Waals surface area (Å²) in [7, 11) is 0. The number of imidazole rings is 1. The number of amides is 1. The molecule has 1 saturated heterocycles. The van der Waals surface area contributed by atoms with Crippen molar-refractivity contribution < 1.29 is 9.90 Å². The van der Waals surface area contributed by atoms with Crippen molar-refractivity contribution in [2.45, 2.75) is 25.0 Å². The summed E-state index contributed by atoms with van der Waals surface area (Å²) in [5, 5.41) is 17.0. The quantitative estimate of drug-likeness (QED) is 0.671. The van der Waals surface area contributed by atoms with Gasteiger partial charge in [-0.05, 0) is 43.1 Å². The minimum Gasteiger partial charge on any atom is -0.389 e. The summed E-state index contributed by atoms with van der Waals surface area (Å²) in [5.74, 6) is -0.281. The van der Waals surface area contributed by atoms with Crippen LogP contribution >= 0.6 is 0 Å². The lowest BCUT2D eigenvalue weighted by Gasteiger charge is -2.42. The van der Waals surface area contributed by atoms with Crippen LogP contribution in [0.2, 0.25) is 0 Å². The average Bonchev–Trinajstić information content (AvgIpc) is 3.08. The van der Waals surface area contributed by atoms with E-state index in [1.54, 1.807) is 6.20 Å². The van der Waals surface area contributed by atoms with Crippen LogP contribution < -0.4 is 10.6 Å². The third kappa shape index (κ3) is 2.87. The Morgan fingerprint density at radius 3 is 2.92 bits per heavy atom. The summed E-state index contributed by atoms with van der Waals surface area (Å²) >= 11 is 0. The van der Waals surface area contributed by atoms with Crippen molar-refractivity contribution in [2.24, 2.45) is 0 Å². The van der Waals surface area contributed by atoms with E-state index in [1.807, 2.05) is 60.0 Å². The molecule has 6 heteroatoms. The van der Waals surface area contributed by atoms with Gasteiger partial charge in [-0.2, -0.15) is 0 Å². The number of aromatic nitrogens is 2. The largest absolute Gasteiger partial charge is 0.389 e. The van der Waals surface area contributed by atoms with E-state index >= 15 is 0 Å². The Balaban J connectivity index is 1.69. The standard InChI is InChI=1S/C20H22N4O2/c1-14-7-10-24-13-16(22-18(24)11-14)19(26)23-20(8-9-21-12-17(20)25)15-5-3-2-4-6-15/h2-7,10-11,13,17,21,25H,8-9,12H2,1H3,(H,23,26)/t17-,20+/m1/s1. The summed E-state index contributed by atoms with van der Waals surface area (Å²) < 4.78 is 1.83. The van der Waals surface area contributed by atoms with Crippen molar-refractivity contribution >= 4 is 11.6 Å². The second-order valence-corrected chi connectivity index (χ2v) is 6.86. The molecule has 0 saturated carbocycles. The predicted octanol–water partition coefficient (Wildman–Crippen LogP) is 1.62. The number of carbonyl (C=O) groups is 1. The van der Waals surface area contributed by atoms with Crippen LogP contribution in [0.15, 0.2) is 54.9 Å². The zero-order valence-corrected chi connectivity index (χ0v) is 14.6. The molecule has 4 rings (SSSR count). The molecule has 0 bridgehead atoms. The Hall–Kier alpha value is -2.70. The van der Waals surface area contributed by atoms with Crippen molar-refractivity contribution in [1.82, 2.24) is 20.0 Å². The van der Waals surface area contributed by atoms with Crippen LogP contribution in [0.1, 0.15) is 28.0 Å². The van der Waals surface area contributed by atoms with E-state index in [4.69, 9.17) is 0 Å². The molecular formula is C20H22N4O2. The van der Waals surface area contributed by atoms with Gasteiger partial charge in [0.05, 0.1) is 11.6 Å². The van der Waals surface area contributed by atoms with Gasteiger partial charge in [0.2, 0.25) is 0 Å². The molecule has 1 fully saturated rings. The highest BCUT2D eigenvalue weighted by Crippen LogP contribution is 2.31. The highest BCUT2D eigenvalue weighted by Gasteiger charge is 2.43. The highest BCUT2D eigenvalue weighted by atomic mass is 16.3. The smallest absolute Gasteiger partial charge is 0.272 e. The minimum absolute atomic E-state index is 0.281. The third-order valence-electron chi connectivity index (χ3n) is 5.08. The molecule has 0 spiro atoms. The minimum atomic E-state index is -0.824. The van der Waals surface area contributed by atoms with Crippen LogP contribution in [0, 0.1) is 6.92 Å². The number of aryl methyl sites for hydroxylation is 1. The molecule has 3 N–H and O–H groups in total. The molecule has 1 aromatic carbocycles. The van der Waals surface area contributed by atoms with Crippen LogP contribution in [0.3, 0.4) is 0 Å². The first-order chi connectivity index (χ1) is 12.6. The Morgan fingerprint density at radius 2 is 2.15 bits per heavy atom. The van der Waals surface area contributed by atoms with E-state index < -0.39 is 11.6 Å². The van der Waals surface area contributed by atoms with Crippen LogP contribution in [-0.4, -0.2) is 39.6 Å². The van der Waals surface area contributed by atoms with Crippen molar-refractivity contribution in [3.63, 3.8) is 0 Å². The van der Waals surface area contributed by atoms with E-state index in [-0.39, 0.29) is 5.91 Å². The maximum Gasteiger partial charge on any atom is 0.272 e. The van der Waals surface area contributed by atoms with Crippen molar-refractivity contribution in [3.8, 4) is 0 Å². The molecule has 1 aliphatic rings. The zero-order valence-electron chi connectivity index (χ0n) is 14.6. The molecule has 0 unspecified atom stereocenters. The number of pyridine rings is 1. The second kappa shape index (κ2) is 6.55. The molecular weight excluding hydrogens is 328 g/mol. The number of benzene rings is 1. The topological polar surface area (TPSA) is 78.7 Å². The van der Waals surface area contributed by atoms with Gasteiger partial charge in [-0.15, -0.1) is 0 Å². The number of hydrogen-bond acceptors (Lipinski definition) is 4. The van der Waals surface area contributed by atoms with E-state index in [9.17, 15) is 9.90 Å². The average molecular weight is 350 g/mol. The number of nitrogens with one attached hydrogen (secondary N) is 2. The Labute approximate surface area is 151 Å². The monoisotopic (exact) mass is 350 g/mol. The molecule has 6 nitrogen and oxygen atoms in total. The maximum absolute atomic E-state index is 13.0. The lowest BCUT2D eigenvalue weighted by molar-refractivity contribution is 0.0288. The van der Waals surface area contributed by atoms with Gasteiger partial charge >= 0.3 is 0 Å². The number of hydrogen-bond donors (Lipinski definition) is 3. The van der Waals surface area contributed by atoms with E-state index in [2.05, 4.69) is 15.6 Å². The van der Waals surface area contributed by atoms with Crippen molar-refractivity contribution in [3.05, 3.63) is 71.7 Å². The third-order valence-corrected chi connectivity index (χ3v) is 5.08. The lowest BCUT2D eigenvalue weighted by atomic mass is 9.79. The van der Waals surface area contributed by atoms with Gasteiger partial charge in [-0.1, -0.05) is 30.3 Å². The Bertz CT molecular complexity index is 937. The predicted molar refractivity (Wildman–Crippen MR) is 99.0 cm³/mol. The maximum atomic E-state index is 13.0. The van der Waals surface area contributed by atoms with Crippen molar-refractivity contribution in [2.75, 3.05) is 13.1 Å². The Kier molecular flexibility index (Phi) is 4.22.